The zero-order chi connectivity index (χ0) is 18.6. The molecule has 144 valence electrons. The van der Waals surface area contributed by atoms with Gasteiger partial charge < -0.3 is 15.0 Å². The minimum atomic E-state index is -3.43. The SMILES string of the molecule is O=C(NCc1ccc(S(=O)(=O)NC2CC2)cc1)N1CC2C3C=CC(O3)C2C1. The third kappa shape index (κ3) is 3.26. The fourth-order valence-corrected chi connectivity index (χ4v) is 5.56. The molecule has 2 N–H and O–H groups in total. The zero-order valence-corrected chi connectivity index (χ0v) is 15.7. The summed E-state index contributed by atoms with van der Waals surface area (Å²) in [5.74, 6) is 0.823. The van der Waals surface area contributed by atoms with E-state index in [1.54, 1.807) is 24.3 Å². The molecular weight excluding hydrogens is 366 g/mol. The standard InChI is InChI=1S/C19H23N3O4S/c23-19(22-10-15-16(11-22)18-8-7-17(15)26-18)20-9-12-1-5-14(6-2-12)27(24,25)21-13-3-4-13/h1-2,5-8,13,15-18,21H,3-4,9-11H2,(H,20,23). The van der Waals surface area contributed by atoms with Gasteiger partial charge in [-0.1, -0.05) is 24.3 Å². The van der Waals surface area contributed by atoms with Crippen molar-refractivity contribution in [2.45, 2.75) is 42.5 Å². The van der Waals surface area contributed by atoms with E-state index in [-0.39, 0.29) is 29.2 Å². The summed E-state index contributed by atoms with van der Waals surface area (Å²) in [6.07, 6.45) is 6.37. The Balaban J connectivity index is 1.15. The lowest BCUT2D eigenvalue weighted by Gasteiger charge is -2.19. The van der Waals surface area contributed by atoms with E-state index in [1.807, 2.05) is 4.90 Å². The van der Waals surface area contributed by atoms with Crippen LogP contribution in [0.4, 0.5) is 4.79 Å². The van der Waals surface area contributed by atoms with Crippen molar-refractivity contribution in [1.29, 1.82) is 0 Å². The molecule has 0 radical (unpaired) electrons. The first-order valence-electron chi connectivity index (χ1n) is 9.47. The van der Waals surface area contributed by atoms with Crippen LogP contribution in [0.3, 0.4) is 0 Å². The number of fused-ring (bicyclic) bond motifs is 5. The number of sulfonamides is 1. The lowest BCUT2D eigenvalue weighted by Crippen LogP contribution is -2.39. The molecule has 2 amide bonds. The summed E-state index contributed by atoms with van der Waals surface area (Å²) in [5, 5.41) is 2.94. The monoisotopic (exact) mass is 389 g/mol. The number of amides is 2. The molecule has 3 fully saturated rings. The van der Waals surface area contributed by atoms with E-state index in [0.717, 1.165) is 31.5 Å². The second kappa shape index (κ2) is 6.32. The highest BCUT2D eigenvalue weighted by atomic mass is 32.2. The van der Waals surface area contributed by atoms with E-state index in [9.17, 15) is 13.2 Å². The fraction of sp³-hybridized carbons (Fsp3) is 0.526. The van der Waals surface area contributed by atoms with Crippen molar-refractivity contribution in [3.63, 3.8) is 0 Å². The van der Waals surface area contributed by atoms with Crippen LogP contribution in [-0.2, 0) is 21.3 Å². The van der Waals surface area contributed by atoms with E-state index in [1.165, 1.54) is 0 Å². The van der Waals surface area contributed by atoms with Crippen molar-refractivity contribution in [2.24, 2.45) is 11.8 Å². The molecule has 5 rings (SSSR count). The Kier molecular flexibility index (Phi) is 4.03. The minimum Gasteiger partial charge on any atom is -0.366 e. The summed E-state index contributed by atoms with van der Waals surface area (Å²) in [6, 6.07) is 6.69. The number of benzene rings is 1. The highest BCUT2D eigenvalue weighted by molar-refractivity contribution is 7.89. The van der Waals surface area contributed by atoms with Crippen molar-refractivity contribution < 1.29 is 17.9 Å². The van der Waals surface area contributed by atoms with Crippen molar-refractivity contribution in [2.75, 3.05) is 13.1 Å². The third-order valence-corrected chi connectivity index (χ3v) is 7.46. The van der Waals surface area contributed by atoms with Crippen LogP contribution in [0.15, 0.2) is 41.3 Å². The lowest BCUT2D eigenvalue weighted by molar-refractivity contribution is 0.0882. The van der Waals surface area contributed by atoms with E-state index in [2.05, 4.69) is 22.2 Å². The zero-order valence-electron chi connectivity index (χ0n) is 14.9. The van der Waals surface area contributed by atoms with Crippen LogP contribution in [0.2, 0.25) is 0 Å². The van der Waals surface area contributed by atoms with Crippen LogP contribution in [0.5, 0.6) is 0 Å². The number of nitrogens with zero attached hydrogens (tertiary/aromatic N) is 1. The van der Waals surface area contributed by atoms with Gasteiger partial charge in [0.1, 0.15) is 0 Å². The Labute approximate surface area is 158 Å². The van der Waals surface area contributed by atoms with Gasteiger partial charge in [0.2, 0.25) is 10.0 Å². The van der Waals surface area contributed by atoms with Crippen molar-refractivity contribution in [3.8, 4) is 0 Å². The Hall–Kier alpha value is -1.90. The van der Waals surface area contributed by atoms with Gasteiger partial charge in [0, 0.05) is 37.5 Å². The third-order valence-electron chi connectivity index (χ3n) is 5.92. The summed E-state index contributed by atoms with van der Waals surface area (Å²) >= 11 is 0. The molecular formula is C19H23N3O4S. The Morgan fingerprint density at radius 1 is 1.07 bits per heavy atom. The van der Waals surface area contributed by atoms with Gasteiger partial charge in [-0.3, -0.25) is 0 Å². The molecule has 4 atom stereocenters. The number of hydrogen-bond acceptors (Lipinski definition) is 4. The van der Waals surface area contributed by atoms with Gasteiger partial charge in [-0.25, -0.2) is 17.9 Å². The molecule has 7 nitrogen and oxygen atoms in total. The Morgan fingerprint density at radius 2 is 1.70 bits per heavy atom. The van der Waals surface area contributed by atoms with E-state index < -0.39 is 10.0 Å². The molecule has 0 aromatic heterocycles. The Bertz CT molecular complexity index is 859. The topological polar surface area (TPSA) is 87.7 Å². The number of urea groups is 1. The molecule has 4 aliphatic rings. The van der Waals surface area contributed by atoms with Crippen molar-refractivity contribution >= 4 is 16.1 Å². The summed E-state index contributed by atoms with van der Waals surface area (Å²) < 4.78 is 32.9. The number of carbonyl (C=O) groups excluding carboxylic acids is 1. The summed E-state index contributed by atoms with van der Waals surface area (Å²) in [4.78, 5) is 14.6. The maximum absolute atomic E-state index is 12.5. The molecule has 1 aromatic rings. The summed E-state index contributed by atoms with van der Waals surface area (Å²) in [5.41, 5.74) is 0.873. The molecule has 2 bridgehead atoms. The van der Waals surface area contributed by atoms with Crippen LogP contribution in [0.25, 0.3) is 0 Å². The van der Waals surface area contributed by atoms with Crippen LogP contribution >= 0.6 is 0 Å². The van der Waals surface area contributed by atoms with Gasteiger partial charge in [0.25, 0.3) is 0 Å². The van der Waals surface area contributed by atoms with Gasteiger partial charge in [-0.2, -0.15) is 0 Å². The quantitative estimate of drug-likeness (QED) is 0.742. The van der Waals surface area contributed by atoms with Crippen LogP contribution in [-0.4, -0.2) is 50.7 Å². The van der Waals surface area contributed by atoms with Gasteiger partial charge in [0.15, 0.2) is 0 Å². The van der Waals surface area contributed by atoms with E-state index >= 15 is 0 Å². The van der Waals surface area contributed by atoms with Gasteiger partial charge in [0.05, 0.1) is 17.1 Å². The molecule has 1 aromatic carbocycles. The molecule has 3 aliphatic heterocycles. The normalized spacial score (nSPS) is 31.3. The second-order valence-electron chi connectivity index (χ2n) is 7.88. The maximum Gasteiger partial charge on any atom is 0.317 e. The number of rotatable bonds is 5. The number of likely N-dealkylation sites (tertiary alicyclic amines) is 1. The highest BCUT2D eigenvalue weighted by Crippen LogP contribution is 2.43. The first-order chi connectivity index (χ1) is 13.0. The van der Waals surface area contributed by atoms with E-state index in [4.69, 9.17) is 4.74 Å². The smallest absolute Gasteiger partial charge is 0.317 e. The maximum atomic E-state index is 12.5. The highest BCUT2D eigenvalue weighted by Gasteiger charge is 2.51. The predicted octanol–water partition coefficient (Wildman–Crippen LogP) is 1.22. The lowest BCUT2D eigenvalue weighted by atomic mass is 9.86. The molecule has 4 unspecified atom stereocenters. The second-order valence-corrected chi connectivity index (χ2v) is 9.60. The first-order valence-corrected chi connectivity index (χ1v) is 11.0. The number of nitrogens with one attached hydrogen (secondary N) is 2. The number of ether oxygens (including phenoxy) is 1. The van der Waals surface area contributed by atoms with E-state index in [0.29, 0.717) is 18.4 Å². The largest absolute Gasteiger partial charge is 0.366 e. The number of hydrogen-bond donors (Lipinski definition) is 2. The minimum absolute atomic E-state index is 0.0732. The van der Waals surface area contributed by atoms with Crippen LogP contribution < -0.4 is 10.0 Å². The molecule has 1 saturated carbocycles. The van der Waals surface area contributed by atoms with Crippen LogP contribution in [0.1, 0.15) is 18.4 Å². The predicted molar refractivity (Wildman–Crippen MR) is 98.4 cm³/mol. The molecule has 2 saturated heterocycles. The van der Waals surface area contributed by atoms with Crippen LogP contribution in [0, 0.1) is 11.8 Å². The molecule has 1 aliphatic carbocycles. The average Bonchev–Trinajstić information content (AvgIpc) is 3.09. The average molecular weight is 389 g/mol. The molecule has 27 heavy (non-hydrogen) atoms. The van der Waals surface area contributed by atoms with Gasteiger partial charge in [-0.05, 0) is 30.5 Å². The molecule has 0 spiro atoms. The Morgan fingerprint density at radius 3 is 2.30 bits per heavy atom. The summed E-state index contributed by atoms with van der Waals surface area (Å²) in [6.45, 7) is 1.83. The van der Waals surface area contributed by atoms with Crippen molar-refractivity contribution in [3.05, 3.63) is 42.0 Å². The summed E-state index contributed by atoms with van der Waals surface area (Å²) in [7, 11) is -3.43. The van der Waals surface area contributed by atoms with Gasteiger partial charge in [-0.15, -0.1) is 0 Å². The molecule has 3 heterocycles. The fourth-order valence-electron chi connectivity index (χ4n) is 4.26. The van der Waals surface area contributed by atoms with Gasteiger partial charge >= 0.3 is 6.03 Å². The first kappa shape index (κ1) is 17.2. The molecule has 8 heteroatoms. The van der Waals surface area contributed by atoms with Crippen molar-refractivity contribution in [1.82, 2.24) is 14.9 Å². The number of carbonyl (C=O) groups is 1.